The van der Waals surface area contributed by atoms with Crippen LogP contribution < -0.4 is 5.32 Å². The zero-order valence-electron chi connectivity index (χ0n) is 10.7. The van der Waals surface area contributed by atoms with E-state index in [0.29, 0.717) is 28.4 Å². The summed E-state index contributed by atoms with van der Waals surface area (Å²) in [6, 6.07) is 10.3. The lowest BCUT2D eigenvalue weighted by Gasteiger charge is -2.12. The van der Waals surface area contributed by atoms with Gasteiger partial charge in [-0.05, 0) is 42.8 Å². The highest BCUT2D eigenvalue weighted by Crippen LogP contribution is 2.24. The van der Waals surface area contributed by atoms with Crippen molar-refractivity contribution >= 4 is 33.2 Å². The second kappa shape index (κ2) is 6.25. The highest BCUT2D eigenvalue weighted by Gasteiger charge is 2.08. The fourth-order valence-electron chi connectivity index (χ4n) is 1.80. The molecule has 0 amide bonds. The van der Waals surface area contributed by atoms with Gasteiger partial charge in [-0.1, -0.05) is 27.5 Å². The number of anilines is 1. The van der Waals surface area contributed by atoms with Crippen LogP contribution >= 0.6 is 27.5 Å². The topological polar surface area (TPSA) is 35.8 Å². The molecule has 0 unspecified atom stereocenters. The second-order valence-corrected chi connectivity index (χ2v) is 5.62. The van der Waals surface area contributed by atoms with Crippen molar-refractivity contribution in [3.8, 4) is 6.07 Å². The van der Waals surface area contributed by atoms with Crippen LogP contribution in [0.25, 0.3) is 0 Å². The average molecular weight is 354 g/mol. The minimum atomic E-state index is -0.392. The van der Waals surface area contributed by atoms with E-state index in [1.807, 2.05) is 18.2 Å². The van der Waals surface area contributed by atoms with E-state index in [9.17, 15) is 4.39 Å². The highest BCUT2D eigenvalue weighted by molar-refractivity contribution is 9.10. The molecule has 0 heterocycles. The van der Waals surface area contributed by atoms with Crippen molar-refractivity contribution in [2.45, 2.75) is 13.5 Å². The molecule has 0 radical (unpaired) electrons. The van der Waals surface area contributed by atoms with Crippen LogP contribution in [0.15, 0.2) is 34.8 Å². The van der Waals surface area contributed by atoms with E-state index < -0.39 is 5.82 Å². The molecular formula is C15H11BrClFN2. The molecule has 2 aromatic carbocycles. The molecule has 5 heteroatoms. The Bertz CT molecular complexity index is 695. The third kappa shape index (κ3) is 3.30. The number of nitriles is 1. The molecule has 0 spiro atoms. The predicted molar refractivity (Wildman–Crippen MR) is 82.3 cm³/mol. The number of rotatable bonds is 3. The zero-order chi connectivity index (χ0) is 14.7. The van der Waals surface area contributed by atoms with Crippen molar-refractivity contribution in [1.82, 2.24) is 0 Å². The van der Waals surface area contributed by atoms with Gasteiger partial charge in [0.05, 0.1) is 11.6 Å². The Hall–Kier alpha value is -1.57. The van der Waals surface area contributed by atoms with Crippen molar-refractivity contribution in [2.24, 2.45) is 0 Å². The smallest absolute Gasteiger partial charge is 0.129 e. The summed E-state index contributed by atoms with van der Waals surface area (Å²) >= 11 is 9.39. The number of nitrogens with zero attached hydrogens (tertiary/aromatic N) is 1. The van der Waals surface area contributed by atoms with Crippen LogP contribution in [0.5, 0.6) is 0 Å². The molecule has 0 bridgehead atoms. The summed E-state index contributed by atoms with van der Waals surface area (Å²) < 4.78 is 14.6. The van der Waals surface area contributed by atoms with E-state index in [4.69, 9.17) is 16.9 Å². The molecule has 2 rings (SSSR count). The number of hydrogen-bond acceptors (Lipinski definition) is 2. The molecular weight excluding hydrogens is 343 g/mol. The van der Waals surface area contributed by atoms with Gasteiger partial charge in [0.2, 0.25) is 0 Å². The summed E-state index contributed by atoms with van der Waals surface area (Å²) in [5.74, 6) is -0.392. The van der Waals surface area contributed by atoms with E-state index >= 15 is 0 Å². The first-order valence-corrected chi connectivity index (χ1v) is 7.06. The Morgan fingerprint density at radius 3 is 2.80 bits per heavy atom. The SMILES string of the molecule is Cc1c(F)cc(C#N)cc1NCc1cc(Cl)ccc1Br. The van der Waals surface area contributed by atoms with Gasteiger partial charge in [-0.3, -0.25) is 0 Å². The van der Waals surface area contributed by atoms with Crippen molar-refractivity contribution < 1.29 is 4.39 Å². The van der Waals surface area contributed by atoms with E-state index in [0.717, 1.165) is 10.0 Å². The first-order valence-electron chi connectivity index (χ1n) is 5.89. The van der Waals surface area contributed by atoms with Crippen LogP contribution in [-0.2, 0) is 6.54 Å². The molecule has 0 aromatic heterocycles. The molecule has 0 aliphatic rings. The molecule has 0 aliphatic heterocycles. The van der Waals surface area contributed by atoms with Crippen molar-refractivity contribution in [3.05, 3.63) is 62.3 Å². The predicted octanol–water partition coefficient (Wildman–Crippen LogP) is 5.03. The van der Waals surface area contributed by atoms with Crippen molar-refractivity contribution in [1.29, 1.82) is 5.26 Å². The Labute approximate surface area is 130 Å². The van der Waals surface area contributed by atoms with Crippen LogP contribution in [0, 0.1) is 24.1 Å². The molecule has 0 saturated carbocycles. The molecule has 1 N–H and O–H groups in total. The Kier molecular flexibility index (Phi) is 4.64. The summed E-state index contributed by atoms with van der Waals surface area (Å²) in [4.78, 5) is 0. The maximum atomic E-state index is 13.7. The normalized spacial score (nSPS) is 10.2. The van der Waals surface area contributed by atoms with Crippen LogP contribution in [0.2, 0.25) is 5.02 Å². The molecule has 102 valence electrons. The van der Waals surface area contributed by atoms with Crippen molar-refractivity contribution in [3.63, 3.8) is 0 Å². The maximum Gasteiger partial charge on any atom is 0.129 e. The molecule has 2 aromatic rings. The zero-order valence-corrected chi connectivity index (χ0v) is 13.0. The van der Waals surface area contributed by atoms with E-state index in [2.05, 4.69) is 21.2 Å². The lowest BCUT2D eigenvalue weighted by atomic mass is 10.1. The minimum absolute atomic E-state index is 0.292. The summed E-state index contributed by atoms with van der Waals surface area (Å²) in [5, 5.41) is 12.6. The first kappa shape index (κ1) is 14.8. The Morgan fingerprint density at radius 2 is 2.10 bits per heavy atom. The number of halogens is 3. The van der Waals surface area contributed by atoms with Crippen LogP contribution in [-0.4, -0.2) is 0 Å². The third-order valence-corrected chi connectivity index (χ3v) is 3.96. The van der Waals surface area contributed by atoms with Gasteiger partial charge in [-0.15, -0.1) is 0 Å². The lowest BCUT2D eigenvalue weighted by Crippen LogP contribution is -2.03. The summed E-state index contributed by atoms with van der Waals surface area (Å²) in [7, 11) is 0. The monoisotopic (exact) mass is 352 g/mol. The summed E-state index contributed by atoms with van der Waals surface area (Å²) in [5.41, 5.74) is 2.34. The molecule has 0 atom stereocenters. The van der Waals surface area contributed by atoms with Gasteiger partial charge in [-0.2, -0.15) is 5.26 Å². The maximum absolute atomic E-state index is 13.7. The first-order chi connectivity index (χ1) is 9.51. The van der Waals surface area contributed by atoms with Gasteiger partial charge in [-0.25, -0.2) is 4.39 Å². The fourth-order valence-corrected chi connectivity index (χ4v) is 2.38. The Balaban J connectivity index is 2.25. The lowest BCUT2D eigenvalue weighted by molar-refractivity contribution is 0.618. The number of benzene rings is 2. The van der Waals surface area contributed by atoms with Crippen LogP contribution in [0.1, 0.15) is 16.7 Å². The average Bonchev–Trinajstić information content (AvgIpc) is 2.43. The minimum Gasteiger partial charge on any atom is -0.381 e. The van der Waals surface area contributed by atoms with Gasteiger partial charge in [0, 0.05) is 27.3 Å². The van der Waals surface area contributed by atoms with Gasteiger partial charge in [0.25, 0.3) is 0 Å². The largest absolute Gasteiger partial charge is 0.381 e. The molecule has 20 heavy (non-hydrogen) atoms. The van der Waals surface area contributed by atoms with Gasteiger partial charge < -0.3 is 5.32 Å². The standard InChI is InChI=1S/C15H11BrClFN2/c1-9-14(18)4-10(7-19)5-15(9)20-8-11-6-12(17)2-3-13(11)16/h2-6,20H,8H2,1H3. The number of nitrogens with one attached hydrogen (secondary N) is 1. The van der Waals surface area contributed by atoms with E-state index in [1.165, 1.54) is 6.07 Å². The van der Waals surface area contributed by atoms with Crippen LogP contribution in [0.3, 0.4) is 0 Å². The summed E-state index contributed by atoms with van der Waals surface area (Å²) in [6.07, 6.45) is 0. The van der Waals surface area contributed by atoms with E-state index in [1.54, 1.807) is 19.1 Å². The fraction of sp³-hybridized carbons (Fsp3) is 0.133. The number of hydrogen-bond donors (Lipinski definition) is 1. The summed E-state index contributed by atoms with van der Waals surface area (Å²) in [6.45, 7) is 2.15. The molecule has 2 nitrogen and oxygen atoms in total. The van der Waals surface area contributed by atoms with E-state index in [-0.39, 0.29) is 0 Å². The van der Waals surface area contributed by atoms with Crippen LogP contribution in [0.4, 0.5) is 10.1 Å². The third-order valence-electron chi connectivity index (χ3n) is 2.95. The van der Waals surface area contributed by atoms with Crippen molar-refractivity contribution in [2.75, 3.05) is 5.32 Å². The quantitative estimate of drug-likeness (QED) is 0.839. The molecule has 0 saturated heterocycles. The van der Waals surface area contributed by atoms with Gasteiger partial charge >= 0.3 is 0 Å². The Morgan fingerprint density at radius 1 is 1.35 bits per heavy atom. The molecule has 0 aliphatic carbocycles. The van der Waals surface area contributed by atoms with Gasteiger partial charge in [0.15, 0.2) is 0 Å². The van der Waals surface area contributed by atoms with Gasteiger partial charge in [0.1, 0.15) is 5.82 Å². The second-order valence-electron chi connectivity index (χ2n) is 4.33. The highest BCUT2D eigenvalue weighted by atomic mass is 79.9. The molecule has 0 fully saturated rings.